The van der Waals surface area contributed by atoms with Gasteiger partial charge in [0.1, 0.15) is 11.0 Å². The molecule has 0 aromatic heterocycles. The number of hydrogen-bond donors (Lipinski definition) is 1. The van der Waals surface area contributed by atoms with E-state index >= 15 is 0 Å². The highest BCUT2D eigenvalue weighted by Gasteiger charge is 2.45. The fourth-order valence-electron chi connectivity index (χ4n) is 4.17. The third-order valence-corrected chi connectivity index (χ3v) is 6.85. The van der Waals surface area contributed by atoms with Crippen molar-refractivity contribution >= 4 is 15.7 Å². The fourth-order valence-corrected chi connectivity index (χ4v) is 5.70. The van der Waals surface area contributed by atoms with E-state index in [0.29, 0.717) is 25.4 Å². The van der Waals surface area contributed by atoms with E-state index < -0.39 is 21.1 Å². The van der Waals surface area contributed by atoms with Gasteiger partial charge in [0.15, 0.2) is 9.84 Å². The monoisotopic (exact) mass is 377 g/mol. The number of ether oxygens (including phenoxy) is 1. The minimum Gasteiger partial charge on any atom is -0.497 e. The van der Waals surface area contributed by atoms with Crippen LogP contribution in [0.4, 0.5) is 0 Å². The first-order valence-corrected chi connectivity index (χ1v) is 11.1. The first kappa shape index (κ1) is 19.0. The summed E-state index contributed by atoms with van der Waals surface area (Å²) in [5, 5.41) is 2.17. The van der Waals surface area contributed by atoms with Gasteiger partial charge >= 0.3 is 0 Å². The van der Waals surface area contributed by atoms with E-state index in [0.717, 1.165) is 16.9 Å². The smallest absolute Gasteiger partial charge is 0.217 e. The lowest BCUT2D eigenvalue weighted by Crippen LogP contribution is -2.50. The summed E-state index contributed by atoms with van der Waals surface area (Å²) >= 11 is 0. The Labute approximate surface area is 155 Å². The topological polar surface area (TPSA) is 72.5 Å². The molecule has 1 aliphatic carbocycles. The Balaban J connectivity index is 2.03. The Hall–Kier alpha value is -1.82. The molecule has 1 aromatic rings. The van der Waals surface area contributed by atoms with Gasteiger partial charge in [0.25, 0.3) is 0 Å². The second-order valence-corrected chi connectivity index (χ2v) is 9.82. The minimum atomic E-state index is -3.35. The molecule has 1 aromatic carbocycles. The van der Waals surface area contributed by atoms with Gasteiger partial charge < -0.3 is 10.1 Å². The van der Waals surface area contributed by atoms with Crippen LogP contribution in [0.25, 0.3) is 0 Å². The van der Waals surface area contributed by atoms with E-state index in [1.54, 1.807) is 0 Å². The van der Waals surface area contributed by atoms with Crippen LogP contribution in [-0.2, 0) is 19.4 Å². The van der Waals surface area contributed by atoms with Gasteiger partial charge in [-0.2, -0.15) is 0 Å². The van der Waals surface area contributed by atoms with Crippen molar-refractivity contribution in [3.05, 3.63) is 46.7 Å². The highest BCUT2D eigenvalue weighted by atomic mass is 32.2. The molecule has 3 atom stereocenters. The van der Waals surface area contributed by atoms with Crippen molar-refractivity contribution in [3.8, 4) is 0 Å². The zero-order valence-corrected chi connectivity index (χ0v) is 16.6. The molecule has 26 heavy (non-hydrogen) atoms. The van der Waals surface area contributed by atoms with Crippen molar-refractivity contribution in [2.45, 2.75) is 56.7 Å². The van der Waals surface area contributed by atoms with Crippen molar-refractivity contribution in [2.24, 2.45) is 0 Å². The number of hydrogen-bond acceptors (Lipinski definition) is 4. The van der Waals surface area contributed by atoms with Crippen LogP contribution in [0.5, 0.6) is 0 Å². The predicted molar refractivity (Wildman–Crippen MR) is 102 cm³/mol. The van der Waals surface area contributed by atoms with Crippen LogP contribution >= 0.6 is 0 Å². The number of sulfone groups is 1. The Kier molecular flexibility index (Phi) is 5.15. The second kappa shape index (κ2) is 7.06. The van der Waals surface area contributed by atoms with Gasteiger partial charge in [-0.05, 0) is 29.0 Å². The van der Waals surface area contributed by atoms with Gasteiger partial charge in [-0.1, -0.05) is 38.1 Å². The number of carbonyl (C=O) groups excluding carboxylic acids is 1. The summed E-state index contributed by atoms with van der Waals surface area (Å²) < 4.78 is 30.8. The molecule has 1 heterocycles. The molecule has 3 unspecified atom stereocenters. The number of allylic oxidation sites excluding steroid dienone is 1. The quantitative estimate of drug-likeness (QED) is 0.876. The standard InChI is InChI=1S/C20H27NO4S/c1-12(2)14-5-7-15(8-6-14)17-11-18(21-13(3)22)20(26(4,23)24)16-9-10-25-19(16)17/h5-8,12,17-18,20H,9-11H2,1-4H3,(H,21,22). The van der Waals surface area contributed by atoms with E-state index in [-0.39, 0.29) is 11.8 Å². The maximum absolute atomic E-state index is 12.4. The minimum absolute atomic E-state index is 0.0245. The average molecular weight is 378 g/mol. The van der Waals surface area contributed by atoms with Crippen LogP contribution in [0, 0.1) is 0 Å². The van der Waals surface area contributed by atoms with Crippen LogP contribution in [0.15, 0.2) is 35.6 Å². The molecule has 0 radical (unpaired) electrons. The van der Waals surface area contributed by atoms with Crippen molar-refractivity contribution < 1.29 is 17.9 Å². The molecule has 3 rings (SSSR count). The van der Waals surface area contributed by atoms with E-state index in [9.17, 15) is 13.2 Å². The fraction of sp³-hybridized carbons (Fsp3) is 0.550. The SMILES string of the molecule is CC(=O)NC1CC(c2ccc(C(C)C)cc2)C2=C(CCO2)C1S(C)(=O)=O. The Morgan fingerprint density at radius 1 is 1.23 bits per heavy atom. The molecule has 1 aliphatic heterocycles. The highest BCUT2D eigenvalue weighted by Crippen LogP contribution is 2.44. The van der Waals surface area contributed by atoms with Gasteiger partial charge in [0.2, 0.25) is 5.91 Å². The van der Waals surface area contributed by atoms with E-state index in [4.69, 9.17) is 4.74 Å². The summed E-state index contributed by atoms with van der Waals surface area (Å²) in [4.78, 5) is 11.7. The zero-order valence-electron chi connectivity index (χ0n) is 15.8. The van der Waals surface area contributed by atoms with Gasteiger partial charge in [-0.25, -0.2) is 8.42 Å². The van der Waals surface area contributed by atoms with E-state index in [1.165, 1.54) is 18.7 Å². The van der Waals surface area contributed by atoms with Crippen molar-refractivity contribution in [2.75, 3.05) is 12.9 Å². The molecule has 0 spiro atoms. The molecule has 142 valence electrons. The molecular formula is C20H27NO4S. The van der Waals surface area contributed by atoms with Crippen LogP contribution < -0.4 is 5.32 Å². The Morgan fingerprint density at radius 2 is 1.88 bits per heavy atom. The summed E-state index contributed by atoms with van der Waals surface area (Å²) in [5.41, 5.74) is 3.19. The Bertz CT molecular complexity index is 824. The maximum Gasteiger partial charge on any atom is 0.217 e. The number of amides is 1. The zero-order chi connectivity index (χ0) is 19.1. The molecule has 0 fully saturated rings. The predicted octanol–water partition coefficient (Wildman–Crippen LogP) is 2.89. The van der Waals surface area contributed by atoms with Gasteiger partial charge in [-0.3, -0.25) is 4.79 Å². The van der Waals surface area contributed by atoms with Gasteiger partial charge in [0.05, 0.1) is 12.6 Å². The van der Waals surface area contributed by atoms with Crippen molar-refractivity contribution in [3.63, 3.8) is 0 Å². The van der Waals surface area contributed by atoms with E-state index in [2.05, 4.69) is 43.4 Å². The number of carbonyl (C=O) groups is 1. The van der Waals surface area contributed by atoms with Crippen LogP contribution in [-0.4, -0.2) is 38.5 Å². The lowest BCUT2D eigenvalue weighted by Gasteiger charge is -2.36. The van der Waals surface area contributed by atoms with Gasteiger partial charge in [0, 0.05) is 25.5 Å². The maximum atomic E-state index is 12.4. The number of nitrogens with one attached hydrogen (secondary N) is 1. The summed E-state index contributed by atoms with van der Waals surface area (Å²) in [7, 11) is -3.35. The summed E-state index contributed by atoms with van der Waals surface area (Å²) in [6.45, 7) is 6.24. The third-order valence-electron chi connectivity index (χ3n) is 5.32. The van der Waals surface area contributed by atoms with Crippen molar-refractivity contribution in [1.82, 2.24) is 5.32 Å². The third kappa shape index (κ3) is 3.65. The molecular weight excluding hydrogens is 350 g/mol. The summed E-state index contributed by atoms with van der Waals surface area (Å²) in [5.74, 6) is 1.01. The molecule has 5 nitrogen and oxygen atoms in total. The molecule has 1 N–H and O–H groups in total. The largest absolute Gasteiger partial charge is 0.497 e. The van der Waals surface area contributed by atoms with Crippen LogP contribution in [0.2, 0.25) is 0 Å². The molecule has 0 saturated carbocycles. The lowest BCUT2D eigenvalue weighted by atomic mass is 9.80. The first-order chi connectivity index (χ1) is 12.2. The molecule has 1 amide bonds. The Morgan fingerprint density at radius 3 is 2.42 bits per heavy atom. The van der Waals surface area contributed by atoms with Crippen LogP contribution in [0.1, 0.15) is 56.6 Å². The number of rotatable bonds is 4. The average Bonchev–Trinajstić information content (AvgIpc) is 3.01. The first-order valence-electron chi connectivity index (χ1n) is 9.10. The summed E-state index contributed by atoms with van der Waals surface area (Å²) in [6, 6.07) is 7.99. The van der Waals surface area contributed by atoms with Gasteiger partial charge in [-0.15, -0.1) is 0 Å². The van der Waals surface area contributed by atoms with Crippen molar-refractivity contribution in [1.29, 1.82) is 0 Å². The molecule has 0 saturated heterocycles. The summed E-state index contributed by atoms with van der Waals surface area (Å²) in [6.07, 6.45) is 2.37. The van der Waals surface area contributed by atoms with E-state index in [1.807, 2.05) is 0 Å². The second-order valence-electron chi connectivity index (χ2n) is 7.65. The molecule has 0 bridgehead atoms. The van der Waals surface area contributed by atoms with Crippen LogP contribution in [0.3, 0.4) is 0 Å². The molecule has 2 aliphatic rings. The number of benzene rings is 1. The molecule has 6 heteroatoms. The normalized spacial score (nSPS) is 25.8. The highest BCUT2D eigenvalue weighted by molar-refractivity contribution is 7.91. The lowest BCUT2D eigenvalue weighted by molar-refractivity contribution is -0.119.